The molecule has 0 radical (unpaired) electrons. The number of fused-ring (bicyclic) bond motifs is 2. The normalized spacial score (nSPS) is 28.7. The molecule has 3 aliphatic rings. The minimum atomic E-state index is -0.161. The SMILES string of the molecule is CN1[C@@H]2CCC[C@H]1C[C@@H](N1C(=O)c3cccc4c(N)ccc(c34)C1=O)C2. The fraction of sp³-hybridized carbons (Fsp3) is 0.429. The second-order valence-electron chi connectivity index (χ2n) is 7.94. The van der Waals surface area contributed by atoms with Crippen LogP contribution in [0, 0.1) is 0 Å². The molecule has 5 rings (SSSR count). The average molecular weight is 349 g/mol. The van der Waals surface area contributed by atoms with Crippen LogP contribution in [0.2, 0.25) is 0 Å². The van der Waals surface area contributed by atoms with Gasteiger partial charge in [0.15, 0.2) is 0 Å². The molecule has 2 fully saturated rings. The molecule has 0 unspecified atom stereocenters. The number of amides is 2. The van der Waals surface area contributed by atoms with Gasteiger partial charge < -0.3 is 10.6 Å². The van der Waals surface area contributed by atoms with Crippen LogP contribution in [-0.4, -0.2) is 46.8 Å². The van der Waals surface area contributed by atoms with E-state index in [2.05, 4.69) is 11.9 Å². The van der Waals surface area contributed by atoms with E-state index in [-0.39, 0.29) is 17.9 Å². The number of nitrogens with two attached hydrogens (primary N) is 1. The fourth-order valence-corrected chi connectivity index (χ4v) is 5.27. The molecule has 2 bridgehead atoms. The largest absolute Gasteiger partial charge is 0.398 e. The standard InChI is InChI=1S/C21H23N3O2/c1-23-12-4-2-5-13(23)11-14(10-12)24-20(25)16-7-3-6-15-18(22)9-8-17(19(15)16)21(24)26/h3,6-9,12-14H,2,4-5,10-11,22H2,1H3/t12-,13+,14+. The second-order valence-corrected chi connectivity index (χ2v) is 7.94. The van der Waals surface area contributed by atoms with Gasteiger partial charge in [-0.1, -0.05) is 18.6 Å². The Morgan fingerprint density at radius 3 is 2.27 bits per heavy atom. The molecule has 0 saturated carbocycles. The smallest absolute Gasteiger partial charge is 0.261 e. The van der Waals surface area contributed by atoms with Gasteiger partial charge in [-0.3, -0.25) is 14.5 Å². The van der Waals surface area contributed by atoms with Gasteiger partial charge in [0, 0.05) is 45.7 Å². The van der Waals surface area contributed by atoms with Gasteiger partial charge in [-0.15, -0.1) is 0 Å². The minimum Gasteiger partial charge on any atom is -0.398 e. The molecular weight excluding hydrogens is 326 g/mol. The molecule has 2 aromatic rings. The van der Waals surface area contributed by atoms with Crippen LogP contribution >= 0.6 is 0 Å². The van der Waals surface area contributed by atoms with Crippen molar-refractivity contribution in [1.29, 1.82) is 0 Å². The number of rotatable bonds is 1. The molecule has 2 saturated heterocycles. The van der Waals surface area contributed by atoms with E-state index in [1.807, 2.05) is 18.2 Å². The Hall–Kier alpha value is -2.40. The first-order valence-electron chi connectivity index (χ1n) is 9.47. The van der Waals surface area contributed by atoms with Crippen LogP contribution in [0.4, 0.5) is 5.69 Å². The Balaban J connectivity index is 1.59. The third-order valence-corrected chi connectivity index (χ3v) is 6.65. The van der Waals surface area contributed by atoms with E-state index < -0.39 is 0 Å². The molecule has 3 aliphatic heterocycles. The maximum atomic E-state index is 13.3. The molecule has 5 nitrogen and oxygen atoms in total. The van der Waals surface area contributed by atoms with Crippen molar-refractivity contribution < 1.29 is 9.59 Å². The Labute approximate surface area is 152 Å². The summed E-state index contributed by atoms with van der Waals surface area (Å²) < 4.78 is 0. The lowest BCUT2D eigenvalue weighted by Gasteiger charge is -2.49. The maximum absolute atomic E-state index is 13.3. The number of piperidine rings is 2. The van der Waals surface area contributed by atoms with Crippen LogP contribution in [0.1, 0.15) is 52.8 Å². The first kappa shape index (κ1) is 15.8. The molecule has 2 aromatic carbocycles. The van der Waals surface area contributed by atoms with Crippen LogP contribution in [0.3, 0.4) is 0 Å². The number of imide groups is 1. The number of hydrogen-bond donors (Lipinski definition) is 1. The molecule has 0 spiro atoms. The van der Waals surface area contributed by atoms with Gasteiger partial charge in [0.05, 0.1) is 0 Å². The van der Waals surface area contributed by atoms with Gasteiger partial charge in [-0.05, 0) is 50.9 Å². The van der Waals surface area contributed by atoms with Crippen molar-refractivity contribution in [3.05, 3.63) is 41.5 Å². The number of carbonyl (C=O) groups excluding carboxylic acids is 2. The van der Waals surface area contributed by atoms with Gasteiger partial charge in [0.2, 0.25) is 0 Å². The highest BCUT2D eigenvalue weighted by molar-refractivity contribution is 6.26. The number of nitrogens with zero attached hydrogens (tertiary/aromatic N) is 2. The molecule has 3 heterocycles. The van der Waals surface area contributed by atoms with E-state index >= 15 is 0 Å². The summed E-state index contributed by atoms with van der Waals surface area (Å²) in [5, 5.41) is 1.51. The zero-order valence-electron chi connectivity index (χ0n) is 14.9. The predicted octanol–water partition coefficient (Wildman–Crippen LogP) is 3.03. The summed E-state index contributed by atoms with van der Waals surface area (Å²) in [5.41, 5.74) is 7.89. The van der Waals surface area contributed by atoms with Crippen molar-refractivity contribution in [3.63, 3.8) is 0 Å². The van der Waals surface area contributed by atoms with Crippen molar-refractivity contribution in [1.82, 2.24) is 9.80 Å². The monoisotopic (exact) mass is 349 g/mol. The van der Waals surface area contributed by atoms with E-state index in [0.717, 1.165) is 31.1 Å². The van der Waals surface area contributed by atoms with E-state index in [9.17, 15) is 9.59 Å². The molecule has 0 aliphatic carbocycles. The highest BCUT2D eigenvalue weighted by Crippen LogP contribution is 2.39. The van der Waals surface area contributed by atoms with Crippen molar-refractivity contribution in [2.24, 2.45) is 0 Å². The summed E-state index contributed by atoms with van der Waals surface area (Å²) in [6, 6.07) is 10.0. The topological polar surface area (TPSA) is 66.6 Å². The number of nitrogen functional groups attached to an aromatic ring is 1. The number of hydrogen-bond acceptors (Lipinski definition) is 4. The predicted molar refractivity (Wildman–Crippen MR) is 101 cm³/mol. The third kappa shape index (κ3) is 2.07. The van der Waals surface area contributed by atoms with E-state index in [4.69, 9.17) is 5.73 Å². The number of benzene rings is 2. The Morgan fingerprint density at radius 1 is 0.923 bits per heavy atom. The summed E-state index contributed by atoms with van der Waals surface area (Å²) in [6.45, 7) is 0. The molecule has 2 N–H and O–H groups in total. The lowest BCUT2D eigenvalue weighted by atomic mass is 9.80. The maximum Gasteiger partial charge on any atom is 0.261 e. The van der Waals surface area contributed by atoms with Crippen molar-refractivity contribution in [2.75, 3.05) is 12.8 Å². The van der Waals surface area contributed by atoms with Gasteiger partial charge in [0.25, 0.3) is 11.8 Å². The van der Waals surface area contributed by atoms with Crippen molar-refractivity contribution in [2.45, 2.75) is 50.2 Å². The Bertz CT molecular complexity index is 902. The Kier molecular flexibility index (Phi) is 3.38. The first-order chi connectivity index (χ1) is 12.6. The van der Waals surface area contributed by atoms with E-state index in [1.165, 1.54) is 6.42 Å². The van der Waals surface area contributed by atoms with E-state index in [0.29, 0.717) is 34.3 Å². The molecule has 5 heteroatoms. The summed E-state index contributed by atoms with van der Waals surface area (Å²) in [5.74, 6) is -0.322. The zero-order chi connectivity index (χ0) is 18.0. The van der Waals surface area contributed by atoms with Crippen LogP contribution in [0.25, 0.3) is 10.8 Å². The average Bonchev–Trinajstić information content (AvgIpc) is 2.61. The molecule has 3 atom stereocenters. The number of anilines is 1. The van der Waals surface area contributed by atoms with Crippen LogP contribution in [0.5, 0.6) is 0 Å². The van der Waals surface area contributed by atoms with Gasteiger partial charge in [-0.2, -0.15) is 0 Å². The summed E-state index contributed by atoms with van der Waals surface area (Å²) in [6.07, 6.45) is 5.32. The lowest BCUT2D eigenvalue weighted by molar-refractivity contribution is 0.0108. The second kappa shape index (κ2) is 5.55. The molecule has 0 aromatic heterocycles. The molecular formula is C21H23N3O2. The van der Waals surface area contributed by atoms with Gasteiger partial charge in [0.1, 0.15) is 0 Å². The summed E-state index contributed by atoms with van der Waals surface area (Å²) in [4.78, 5) is 30.6. The van der Waals surface area contributed by atoms with Crippen LogP contribution in [0.15, 0.2) is 30.3 Å². The van der Waals surface area contributed by atoms with Gasteiger partial charge in [-0.25, -0.2) is 0 Å². The molecule has 26 heavy (non-hydrogen) atoms. The van der Waals surface area contributed by atoms with Crippen LogP contribution < -0.4 is 5.73 Å². The van der Waals surface area contributed by atoms with Crippen molar-refractivity contribution >= 4 is 28.3 Å². The summed E-state index contributed by atoms with van der Waals surface area (Å²) in [7, 11) is 2.18. The van der Waals surface area contributed by atoms with E-state index in [1.54, 1.807) is 17.0 Å². The van der Waals surface area contributed by atoms with Crippen LogP contribution in [-0.2, 0) is 0 Å². The zero-order valence-corrected chi connectivity index (χ0v) is 14.9. The minimum absolute atomic E-state index is 0.0116. The van der Waals surface area contributed by atoms with Gasteiger partial charge >= 0.3 is 0 Å². The highest BCUT2D eigenvalue weighted by atomic mass is 16.2. The molecule has 2 amide bonds. The highest BCUT2D eigenvalue weighted by Gasteiger charge is 2.44. The summed E-state index contributed by atoms with van der Waals surface area (Å²) >= 11 is 0. The lowest BCUT2D eigenvalue weighted by Crippen LogP contribution is -2.58. The first-order valence-corrected chi connectivity index (χ1v) is 9.47. The third-order valence-electron chi connectivity index (χ3n) is 6.65. The Morgan fingerprint density at radius 2 is 1.58 bits per heavy atom. The number of carbonyl (C=O) groups is 2. The molecule has 134 valence electrons. The van der Waals surface area contributed by atoms with Crippen molar-refractivity contribution in [3.8, 4) is 0 Å². The quantitative estimate of drug-likeness (QED) is 0.635. The fourth-order valence-electron chi connectivity index (χ4n) is 5.27.